The molecule has 4 nitrogen and oxygen atoms in total. The van der Waals surface area contributed by atoms with Crippen molar-refractivity contribution < 1.29 is 18.7 Å². The van der Waals surface area contributed by atoms with Gasteiger partial charge in [-0.05, 0) is 31.5 Å². The van der Waals surface area contributed by atoms with E-state index in [9.17, 15) is 13.6 Å². The molecule has 0 aromatic heterocycles. The molecule has 106 valence electrons. The predicted molar refractivity (Wildman–Crippen MR) is 67.6 cm³/mol. The molecular formula is C13H18F2N2O2. The van der Waals surface area contributed by atoms with Crippen LogP contribution >= 0.6 is 0 Å². The quantitative estimate of drug-likeness (QED) is 0.768. The zero-order chi connectivity index (χ0) is 14.4. The first-order chi connectivity index (χ1) is 8.97. The van der Waals surface area contributed by atoms with Crippen LogP contribution in [-0.4, -0.2) is 23.8 Å². The van der Waals surface area contributed by atoms with Crippen LogP contribution in [0.4, 0.5) is 13.6 Å². The first-order valence-corrected chi connectivity index (χ1v) is 6.10. The third-order valence-corrected chi connectivity index (χ3v) is 2.70. The molecule has 3 N–H and O–H groups in total. The zero-order valence-electron chi connectivity index (χ0n) is 10.9. The fourth-order valence-electron chi connectivity index (χ4n) is 1.65. The lowest BCUT2D eigenvalue weighted by Gasteiger charge is -2.20. The number of hydrogen-bond acceptors (Lipinski definition) is 2. The molecule has 2 amide bonds. The lowest BCUT2D eigenvalue weighted by molar-refractivity contribution is 0.217. The molecule has 1 aromatic rings. The molecule has 0 radical (unpaired) electrons. The summed E-state index contributed by atoms with van der Waals surface area (Å²) >= 11 is 0. The summed E-state index contributed by atoms with van der Waals surface area (Å²) in [6.07, 6.45) is 0.418. The van der Waals surface area contributed by atoms with Gasteiger partial charge in [0.15, 0.2) is 0 Å². The molecule has 2 atom stereocenters. The van der Waals surface area contributed by atoms with Crippen LogP contribution in [0.1, 0.15) is 31.9 Å². The summed E-state index contributed by atoms with van der Waals surface area (Å²) in [5.74, 6) is -1.12. The minimum absolute atomic E-state index is 0.106. The van der Waals surface area contributed by atoms with E-state index in [0.29, 0.717) is 6.42 Å². The summed E-state index contributed by atoms with van der Waals surface area (Å²) in [4.78, 5) is 11.6. The average molecular weight is 272 g/mol. The second kappa shape index (κ2) is 7.04. The monoisotopic (exact) mass is 272 g/mol. The SMILES string of the molecule is CCC(NC(=O)NC(C)CO)c1cc(F)ccc1F. The van der Waals surface area contributed by atoms with Crippen molar-refractivity contribution in [1.29, 1.82) is 0 Å². The molecule has 19 heavy (non-hydrogen) atoms. The highest BCUT2D eigenvalue weighted by Gasteiger charge is 2.18. The Labute approximate surface area is 110 Å². The largest absolute Gasteiger partial charge is 0.394 e. The van der Waals surface area contributed by atoms with E-state index in [1.807, 2.05) is 0 Å². The molecule has 6 heteroatoms. The third-order valence-electron chi connectivity index (χ3n) is 2.70. The molecule has 0 aliphatic rings. The smallest absolute Gasteiger partial charge is 0.315 e. The van der Waals surface area contributed by atoms with Gasteiger partial charge in [0.25, 0.3) is 0 Å². The van der Waals surface area contributed by atoms with E-state index in [0.717, 1.165) is 18.2 Å². The number of benzene rings is 1. The fraction of sp³-hybridized carbons (Fsp3) is 0.462. The zero-order valence-corrected chi connectivity index (χ0v) is 10.9. The molecule has 2 unspecified atom stereocenters. The Morgan fingerprint density at radius 2 is 2.05 bits per heavy atom. The fourth-order valence-corrected chi connectivity index (χ4v) is 1.65. The molecule has 0 heterocycles. The van der Waals surface area contributed by atoms with Gasteiger partial charge >= 0.3 is 6.03 Å². The summed E-state index contributed by atoms with van der Waals surface area (Å²) in [6, 6.07) is 1.57. The van der Waals surface area contributed by atoms with Crippen molar-refractivity contribution in [2.24, 2.45) is 0 Å². The van der Waals surface area contributed by atoms with Crippen molar-refractivity contribution in [3.8, 4) is 0 Å². The van der Waals surface area contributed by atoms with Crippen LogP contribution in [-0.2, 0) is 0 Å². The predicted octanol–water partition coefficient (Wildman–Crippen LogP) is 2.10. The Hall–Kier alpha value is -1.69. The van der Waals surface area contributed by atoms with Crippen LogP contribution in [0.25, 0.3) is 0 Å². The normalized spacial score (nSPS) is 13.7. The third kappa shape index (κ3) is 4.48. The number of carbonyl (C=O) groups is 1. The molecular weight excluding hydrogens is 254 g/mol. The Balaban J connectivity index is 2.78. The molecule has 0 aliphatic carbocycles. The second-order valence-electron chi connectivity index (χ2n) is 4.33. The van der Waals surface area contributed by atoms with Gasteiger partial charge < -0.3 is 15.7 Å². The highest BCUT2D eigenvalue weighted by Crippen LogP contribution is 2.21. The summed E-state index contributed by atoms with van der Waals surface area (Å²) in [6.45, 7) is 3.19. The molecule has 0 saturated carbocycles. The minimum Gasteiger partial charge on any atom is -0.394 e. The number of nitrogens with one attached hydrogen (secondary N) is 2. The number of aliphatic hydroxyl groups excluding tert-OH is 1. The maximum absolute atomic E-state index is 13.6. The standard InChI is InChI=1S/C13H18F2N2O2/c1-3-12(17-13(19)16-8(2)7-18)10-6-9(14)4-5-11(10)15/h4-6,8,12,18H,3,7H2,1-2H3,(H2,16,17,19). The lowest BCUT2D eigenvalue weighted by atomic mass is 10.0. The van der Waals surface area contributed by atoms with Gasteiger partial charge in [-0.15, -0.1) is 0 Å². The van der Waals surface area contributed by atoms with Gasteiger partial charge in [-0.3, -0.25) is 0 Å². The van der Waals surface area contributed by atoms with E-state index >= 15 is 0 Å². The van der Waals surface area contributed by atoms with Crippen LogP contribution < -0.4 is 10.6 Å². The van der Waals surface area contributed by atoms with Crippen molar-refractivity contribution in [1.82, 2.24) is 10.6 Å². The molecule has 1 aromatic carbocycles. The Kier molecular flexibility index (Phi) is 5.69. The number of urea groups is 1. The average Bonchev–Trinajstić information content (AvgIpc) is 2.38. The van der Waals surface area contributed by atoms with E-state index < -0.39 is 29.7 Å². The first-order valence-electron chi connectivity index (χ1n) is 6.10. The van der Waals surface area contributed by atoms with Crippen LogP contribution in [0.2, 0.25) is 0 Å². The van der Waals surface area contributed by atoms with Crippen LogP contribution in [0.15, 0.2) is 18.2 Å². The lowest BCUT2D eigenvalue weighted by Crippen LogP contribution is -2.43. The summed E-state index contributed by atoms with van der Waals surface area (Å²) < 4.78 is 26.7. The number of aliphatic hydroxyl groups is 1. The van der Waals surface area contributed by atoms with Crippen molar-refractivity contribution in [2.75, 3.05) is 6.61 Å². The van der Waals surface area contributed by atoms with Crippen molar-refractivity contribution in [3.05, 3.63) is 35.4 Å². The molecule has 0 fully saturated rings. The molecule has 0 spiro atoms. The van der Waals surface area contributed by atoms with Gasteiger partial charge in [-0.25, -0.2) is 13.6 Å². The highest BCUT2D eigenvalue weighted by molar-refractivity contribution is 5.74. The van der Waals surface area contributed by atoms with Crippen LogP contribution in [0.5, 0.6) is 0 Å². The van der Waals surface area contributed by atoms with Gasteiger partial charge in [0.05, 0.1) is 18.7 Å². The Bertz CT molecular complexity index is 441. The van der Waals surface area contributed by atoms with E-state index in [2.05, 4.69) is 10.6 Å². The summed E-state index contributed by atoms with van der Waals surface area (Å²) in [5, 5.41) is 13.9. The van der Waals surface area contributed by atoms with E-state index in [1.54, 1.807) is 13.8 Å². The van der Waals surface area contributed by atoms with Crippen molar-refractivity contribution in [3.63, 3.8) is 0 Å². The van der Waals surface area contributed by atoms with Gasteiger partial charge in [-0.1, -0.05) is 6.92 Å². The molecule has 1 rings (SSSR count). The minimum atomic E-state index is -0.624. The topological polar surface area (TPSA) is 61.4 Å². The van der Waals surface area contributed by atoms with Gasteiger partial charge in [0.2, 0.25) is 0 Å². The number of hydrogen-bond donors (Lipinski definition) is 3. The number of rotatable bonds is 5. The highest BCUT2D eigenvalue weighted by atomic mass is 19.1. The first kappa shape index (κ1) is 15.4. The Morgan fingerprint density at radius 3 is 2.63 bits per heavy atom. The van der Waals surface area contributed by atoms with Crippen molar-refractivity contribution >= 4 is 6.03 Å². The van der Waals surface area contributed by atoms with Gasteiger partial charge in [0, 0.05) is 5.56 Å². The van der Waals surface area contributed by atoms with E-state index in [4.69, 9.17) is 5.11 Å². The number of amides is 2. The number of halogens is 2. The summed E-state index contributed by atoms with van der Waals surface area (Å²) in [7, 11) is 0. The molecule has 0 bridgehead atoms. The summed E-state index contributed by atoms with van der Waals surface area (Å²) in [5.41, 5.74) is 0.106. The number of carbonyl (C=O) groups excluding carboxylic acids is 1. The Morgan fingerprint density at radius 1 is 1.37 bits per heavy atom. The van der Waals surface area contributed by atoms with Crippen LogP contribution in [0.3, 0.4) is 0 Å². The molecule has 0 aliphatic heterocycles. The van der Waals surface area contributed by atoms with Gasteiger partial charge in [0.1, 0.15) is 11.6 Å². The van der Waals surface area contributed by atoms with Gasteiger partial charge in [-0.2, -0.15) is 0 Å². The van der Waals surface area contributed by atoms with Crippen molar-refractivity contribution in [2.45, 2.75) is 32.4 Å². The van der Waals surface area contributed by atoms with Crippen LogP contribution in [0, 0.1) is 11.6 Å². The maximum Gasteiger partial charge on any atom is 0.315 e. The second-order valence-corrected chi connectivity index (χ2v) is 4.33. The maximum atomic E-state index is 13.6. The van der Waals surface area contributed by atoms with E-state index in [1.165, 1.54) is 0 Å². The molecule has 0 saturated heterocycles. The van der Waals surface area contributed by atoms with E-state index in [-0.39, 0.29) is 12.2 Å².